The van der Waals surface area contributed by atoms with Gasteiger partial charge in [0, 0.05) is 0 Å². The zero-order chi connectivity index (χ0) is 11.5. The van der Waals surface area contributed by atoms with Gasteiger partial charge in [-0.15, -0.1) is 0 Å². The van der Waals surface area contributed by atoms with Crippen molar-refractivity contribution in [2.24, 2.45) is 0 Å². The molecule has 0 spiro atoms. The SMILES string of the molecule is CC(C)OC(=O)C1=CCc2ccccc2O1. The Labute approximate surface area is 94.7 Å². The first kappa shape index (κ1) is 10.7. The van der Waals surface area contributed by atoms with Gasteiger partial charge in [-0.1, -0.05) is 18.2 Å². The van der Waals surface area contributed by atoms with Crippen molar-refractivity contribution >= 4 is 5.97 Å². The molecule has 2 rings (SSSR count). The number of hydrogen-bond acceptors (Lipinski definition) is 3. The summed E-state index contributed by atoms with van der Waals surface area (Å²) in [6.07, 6.45) is 2.33. The molecule has 0 fully saturated rings. The molecule has 16 heavy (non-hydrogen) atoms. The van der Waals surface area contributed by atoms with Gasteiger partial charge in [-0.05, 0) is 38.0 Å². The zero-order valence-electron chi connectivity index (χ0n) is 9.40. The Morgan fingerprint density at radius 3 is 2.88 bits per heavy atom. The van der Waals surface area contributed by atoms with Crippen molar-refractivity contribution in [2.45, 2.75) is 26.4 Å². The minimum atomic E-state index is -0.399. The molecule has 0 bridgehead atoms. The summed E-state index contributed by atoms with van der Waals surface area (Å²) in [5.74, 6) is 0.623. The number of para-hydroxylation sites is 1. The topological polar surface area (TPSA) is 35.5 Å². The van der Waals surface area contributed by atoms with Gasteiger partial charge in [0.05, 0.1) is 6.10 Å². The van der Waals surface area contributed by atoms with E-state index in [-0.39, 0.29) is 11.9 Å². The van der Waals surface area contributed by atoms with Crippen LogP contribution in [0.3, 0.4) is 0 Å². The van der Waals surface area contributed by atoms with Crippen LogP contribution in [0.1, 0.15) is 19.4 Å². The number of hydrogen-bond donors (Lipinski definition) is 0. The minimum absolute atomic E-state index is 0.130. The molecule has 0 aromatic heterocycles. The van der Waals surface area contributed by atoms with Gasteiger partial charge in [-0.25, -0.2) is 4.79 Å². The maximum absolute atomic E-state index is 11.6. The first-order valence-corrected chi connectivity index (χ1v) is 5.33. The van der Waals surface area contributed by atoms with E-state index < -0.39 is 5.97 Å². The summed E-state index contributed by atoms with van der Waals surface area (Å²) in [6, 6.07) is 7.67. The second-order valence-corrected chi connectivity index (χ2v) is 3.94. The van der Waals surface area contributed by atoms with Gasteiger partial charge in [0.25, 0.3) is 0 Å². The Bertz CT molecular complexity index is 433. The maximum Gasteiger partial charge on any atom is 0.374 e. The number of carbonyl (C=O) groups is 1. The van der Waals surface area contributed by atoms with Crippen molar-refractivity contribution in [3.63, 3.8) is 0 Å². The van der Waals surface area contributed by atoms with Crippen molar-refractivity contribution in [1.29, 1.82) is 0 Å². The summed E-state index contributed by atoms with van der Waals surface area (Å²) < 4.78 is 10.6. The fraction of sp³-hybridized carbons (Fsp3) is 0.308. The van der Waals surface area contributed by atoms with Crippen molar-refractivity contribution in [1.82, 2.24) is 0 Å². The van der Waals surface area contributed by atoms with Gasteiger partial charge in [-0.2, -0.15) is 0 Å². The zero-order valence-corrected chi connectivity index (χ0v) is 9.40. The lowest BCUT2D eigenvalue weighted by Gasteiger charge is -2.17. The molecule has 1 aliphatic rings. The van der Waals surface area contributed by atoms with Crippen LogP contribution in [0.2, 0.25) is 0 Å². The molecule has 3 heteroatoms. The van der Waals surface area contributed by atoms with Crippen molar-refractivity contribution < 1.29 is 14.3 Å². The van der Waals surface area contributed by atoms with Crippen LogP contribution in [0.25, 0.3) is 0 Å². The molecule has 3 nitrogen and oxygen atoms in total. The molecule has 1 aromatic carbocycles. The molecule has 0 amide bonds. The highest BCUT2D eigenvalue weighted by Gasteiger charge is 2.19. The molecule has 0 N–H and O–H groups in total. The molecule has 0 saturated heterocycles. The van der Waals surface area contributed by atoms with Crippen LogP contribution in [0.5, 0.6) is 5.75 Å². The van der Waals surface area contributed by atoms with E-state index in [0.29, 0.717) is 6.42 Å². The van der Waals surface area contributed by atoms with E-state index in [1.54, 1.807) is 6.08 Å². The van der Waals surface area contributed by atoms with Crippen LogP contribution in [0.4, 0.5) is 0 Å². The Balaban J connectivity index is 2.12. The first-order chi connectivity index (χ1) is 7.66. The summed E-state index contributed by atoms with van der Waals surface area (Å²) in [5, 5.41) is 0. The van der Waals surface area contributed by atoms with Gasteiger partial charge in [0.15, 0.2) is 0 Å². The van der Waals surface area contributed by atoms with Crippen molar-refractivity contribution in [3.05, 3.63) is 41.7 Å². The largest absolute Gasteiger partial charge is 0.457 e. The molecule has 1 aromatic rings. The van der Waals surface area contributed by atoms with E-state index in [1.165, 1.54) is 0 Å². The van der Waals surface area contributed by atoms with Gasteiger partial charge in [0.2, 0.25) is 5.76 Å². The predicted octanol–water partition coefficient (Wildman–Crippen LogP) is 2.46. The quantitative estimate of drug-likeness (QED) is 0.715. The second-order valence-electron chi connectivity index (χ2n) is 3.94. The Kier molecular flexibility index (Phi) is 2.95. The molecule has 0 unspecified atom stereocenters. The van der Waals surface area contributed by atoms with E-state index in [2.05, 4.69) is 0 Å². The van der Waals surface area contributed by atoms with Crippen molar-refractivity contribution in [2.75, 3.05) is 0 Å². The van der Waals surface area contributed by atoms with Crippen LogP contribution in [-0.2, 0) is 16.0 Å². The monoisotopic (exact) mass is 218 g/mol. The second kappa shape index (κ2) is 4.39. The Morgan fingerprint density at radius 1 is 1.38 bits per heavy atom. The Hall–Kier alpha value is -1.77. The van der Waals surface area contributed by atoms with Gasteiger partial charge in [0.1, 0.15) is 5.75 Å². The fourth-order valence-electron chi connectivity index (χ4n) is 1.53. The van der Waals surface area contributed by atoms with Crippen molar-refractivity contribution in [3.8, 4) is 5.75 Å². The molecule has 0 saturated carbocycles. The van der Waals surface area contributed by atoms with Crippen LogP contribution in [0, 0.1) is 0 Å². The number of carbonyl (C=O) groups excluding carboxylic acids is 1. The van der Waals surface area contributed by atoms with Crippen LogP contribution in [0.15, 0.2) is 36.1 Å². The average molecular weight is 218 g/mol. The summed E-state index contributed by atoms with van der Waals surface area (Å²) in [5.41, 5.74) is 1.09. The smallest absolute Gasteiger partial charge is 0.374 e. The average Bonchev–Trinajstić information content (AvgIpc) is 2.27. The third-order valence-electron chi connectivity index (χ3n) is 2.24. The number of allylic oxidation sites excluding steroid dienone is 1. The van der Waals surface area contributed by atoms with Gasteiger partial charge < -0.3 is 9.47 Å². The third-order valence-corrected chi connectivity index (χ3v) is 2.24. The molecule has 84 valence electrons. The molecule has 1 aliphatic heterocycles. The number of ether oxygens (including phenoxy) is 2. The van der Waals surface area contributed by atoms with Gasteiger partial charge >= 0.3 is 5.97 Å². The fourth-order valence-corrected chi connectivity index (χ4v) is 1.53. The summed E-state index contributed by atoms with van der Waals surface area (Å²) >= 11 is 0. The standard InChI is InChI=1S/C13H14O3/c1-9(2)15-13(14)12-8-7-10-5-3-4-6-11(10)16-12/h3-6,8-9H,7H2,1-2H3. The van der Waals surface area contributed by atoms with E-state index in [9.17, 15) is 4.79 Å². The lowest BCUT2D eigenvalue weighted by atomic mass is 10.1. The highest BCUT2D eigenvalue weighted by molar-refractivity contribution is 5.87. The highest BCUT2D eigenvalue weighted by atomic mass is 16.6. The van der Waals surface area contributed by atoms with Gasteiger partial charge in [-0.3, -0.25) is 0 Å². The number of benzene rings is 1. The predicted molar refractivity (Wildman–Crippen MR) is 60.1 cm³/mol. The minimum Gasteiger partial charge on any atom is -0.457 e. The maximum atomic E-state index is 11.6. The van der Waals surface area contributed by atoms with E-state index >= 15 is 0 Å². The lowest BCUT2D eigenvalue weighted by molar-refractivity contribution is -0.145. The molecule has 0 atom stereocenters. The summed E-state index contributed by atoms with van der Waals surface area (Å²) in [6.45, 7) is 3.63. The van der Waals surface area contributed by atoms with Crippen LogP contribution in [-0.4, -0.2) is 12.1 Å². The number of esters is 1. The van der Waals surface area contributed by atoms with E-state index in [1.807, 2.05) is 38.1 Å². The van der Waals surface area contributed by atoms with Crippen LogP contribution >= 0.6 is 0 Å². The number of fused-ring (bicyclic) bond motifs is 1. The molecular weight excluding hydrogens is 204 g/mol. The molecule has 0 radical (unpaired) electrons. The Morgan fingerprint density at radius 2 is 2.12 bits per heavy atom. The summed E-state index contributed by atoms with van der Waals surface area (Å²) in [4.78, 5) is 11.6. The van der Waals surface area contributed by atoms with E-state index in [4.69, 9.17) is 9.47 Å². The molecular formula is C13H14O3. The normalized spacial score (nSPS) is 13.8. The number of rotatable bonds is 2. The highest BCUT2D eigenvalue weighted by Crippen LogP contribution is 2.26. The van der Waals surface area contributed by atoms with Crippen LogP contribution < -0.4 is 4.74 Å². The third kappa shape index (κ3) is 2.24. The molecule has 1 heterocycles. The molecule has 0 aliphatic carbocycles. The first-order valence-electron chi connectivity index (χ1n) is 5.33. The summed E-state index contributed by atoms with van der Waals surface area (Å²) in [7, 11) is 0. The van der Waals surface area contributed by atoms with E-state index in [0.717, 1.165) is 11.3 Å². The lowest BCUT2D eigenvalue weighted by Crippen LogP contribution is -2.19.